The summed E-state index contributed by atoms with van der Waals surface area (Å²) < 4.78 is 54.1. The summed E-state index contributed by atoms with van der Waals surface area (Å²) in [4.78, 5) is 0. The van der Waals surface area contributed by atoms with Gasteiger partial charge >= 0.3 is 6.36 Å². The van der Waals surface area contributed by atoms with Crippen LogP contribution < -0.4 is 4.74 Å². The van der Waals surface area contributed by atoms with Crippen molar-refractivity contribution in [3.63, 3.8) is 0 Å². The van der Waals surface area contributed by atoms with Crippen LogP contribution in [0.15, 0.2) is 18.2 Å². The van der Waals surface area contributed by atoms with Gasteiger partial charge in [-0.3, -0.25) is 0 Å². The largest absolute Gasteiger partial charge is 0.573 e. The molecule has 0 atom stereocenters. The number of aryl methyl sites for hydroxylation is 1. The molecule has 1 aliphatic rings. The summed E-state index contributed by atoms with van der Waals surface area (Å²) in [6.45, 7) is 2.24. The zero-order chi connectivity index (χ0) is 20.4. The Hall–Kier alpha value is -1.26. The topological polar surface area (TPSA) is 9.23 Å². The van der Waals surface area contributed by atoms with E-state index in [0.29, 0.717) is 12.3 Å². The van der Waals surface area contributed by atoms with Crippen molar-refractivity contribution < 1.29 is 22.3 Å². The van der Waals surface area contributed by atoms with Crippen LogP contribution in [0.4, 0.5) is 17.6 Å². The predicted octanol–water partition coefficient (Wildman–Crippen LogP) is 8.21. The van der Waals surface area contributed by atoms with E-state index in [4.69, 9.17) is 0 Å². The second-order valence-corrected chi connectivity index (χ2v) is 8.29. The smallest absolute Gasteiger partial charge is 0.403 e. The Morgan fingerprint density at radius 1 is 0.893 bits per heavy atom. The van der Waals surface area contributed by atoms with Gasteiger partial charge in [0, 0.05) is 0 Å². The molecular formula is C23H34F4O. The van der Waals surface area contributed by atoms with Crippen LogP contribution in [0.2, 0.25) is 0 Å². The molecule has 0 saturated heterocycles. The SMILES string of the molecule is CCCCCCCCC1CCC(CCc2ccc(OC(F)(F)F)c(F)c2)CC1. The molecule has 0 spiro atoms. The first-order valence-corrected chi connectivity index (χ1v) is 10.9. The third kappa shape index (κ3) is 8.83. The van der Waals surface area contributed by atoms with Crippen LogP contribution in [-0.4, -0.2) is 6.36 Å². The lowest BCUT2D eigenvalue weighted by molar-refractivity contribution is -0.275. The summed E-state index contributed by atoms with van der Waals surface area (Å²) in [5, 5.41) is 0. The molecule has 5 heteroatoms. The molecule has 0 aromatic heterocycles. The Bertz CT molecular complexity index is 562. The molecule has 1 saturated carbocycles. The third-order valence-corrected chi connectivity index (χ3v) is 6.00. The van der Waals surface area contributed by atoms with Crippen molar-refractivity contribution in [3.8, 4) is 5.75 Å². The standard InChI is InChI=1S/C23H34F4O/c1-2-3-4-5-6-7-8-18-9-11-19(12-10-18)13-14-20-15-16-22(21(24)17-20)28-23(25,26)27/h15-19H,2-14H2,1H3. The molecule has 0 radical (unpaired) electrons. The van der Waals surface area contributed by atoms with Crippen LogP contribution in [0.3, 0.4) is 0 Å². The fourth-order valence-electron chi connectivity index (χ4n) is 4.30. The van der Waals surface area contributed by atoms with Gasteiger partial charge in [-0.1, -0.05) is 83.6 Å². The predicted molar refractivity (Wildman–Crippen MR) is 105 cm³/mol. The Balaban J connectivity index is 1.64. The van der Waals surface area contributed by atoms with Crippen molar-refractivity contribution >= 4 is 0 Å². The molecule has 1 aromatic carbocycles. The van der Waals surface area contributed by atoms with E-state index in [1.54, 1.807) is 0 Å². The van der Waals surface area contributed by atoms with E-state index in [1.165, 1.54) is 82.8 Å². The lowest BCUT2D eigenvalue weighted by Gasteiger charge is -2.28. The van der Waals surface area contributed by atoms with Crippen molar-refractivity contribution in [1.29, 1.82) is 0 Å². The maximum absolute atomic E-state index is 13.8. The maximum Gasteiger partial charge on any atom is 0.573 e. The van der Waals surface area contributed by atoms with E-state index in [9.17, 15) is 17.6 Å². The first kappa shape index (κ1) is 23.0. The summed E-state index contributed by atoms with van der Waals surface area (Å²) in [6, 6.07) is 3.79. The molecule has 160 valence electrons. The molecule has 0 aliphatic heterocycles. The Morgan fingerprint density at radius 2 is 1.50 bits per heavy atom. The van der Waals surface area contributed by atoms with Crippen molar-refractivity contribution in [3.05, 3.63) is 29.6 Å². The zero-order valence-corrected chi connectivity index (χ0v) is 17.0. The van der Waals surface area contributed by atoms with Gasteiger partial charge in [0.15, 0.2) is 11.6 Å². The van der Waals surface area contributed by atoms with E-state index >= 15 is 0 Å². The zero-order valence-electron chi connectivity index (χ0n) is 17.0. The van der Waals surface area contributed by atoms with Crippen molar-refractivity contribution in [1.82, 2.24) is 0 Å². The van der Waals surface area contributed by atoms with E-state index in [1.807, 2.05) is 0 Å². The number of benzene rings is 1. The van der Waals surface area contributed by atoms with Gasteiger partial charge < -0.3 is 4.74 Å². The molecule has 2 rings (SSSR count). The first-order chi connectivity index (χ1) is 13.4. The third-order valence-electron chi connectivity index (χ3n) is 6.00. The molecule has 1 aromatic rings. The maximum atomic E-state index is 13.8. The molecule has 1 nitrogen and oxygen atoms in total. The minimum atomic E-state index is -4.86. The minimum Gasteiger partial charge on any atom is -0.403 e. The molecule has 1 aliphatic carbocycles. The molecule has 28 heavy (non-hydrogen) atoms. The van der Waals surface area contributed by atoms with Crippen LogP contribution in [0.5, 0.6) is 5.75 Å². The fourth-order valence-corrected chi connectivity index (χ4v) is 4.30. The lowest BCUT2D eigenvalue weighted by atomic mass is 9.77. The van der Waals surface area contributed by atoms with Gasteiger partial charge in [-0.2, -0.15) is 0 Å². The highest BCUT2D eigenvalue weighted by Crippen LogP contribution is 2.35. The number of hydrogen-bond donors (Lipinski definition) is 0. The fraction of sp³-hybridized carbons (Fsp3) is 0.739. The number of rotatable bonds is 11. The molecule has 0 bridgehead atoms. The van der Waals surface area contributed by atoms with Crippen LogP contribution >= 0.6 is 0 Å². The highest BCUT2D eigenvalue weighted by Gasteiger charge is 2.32. The van der Waals surface area contributed by atoms with E-state index in [2.05, 4.69) is 11.7 Å². The second-order valence-electron chi connectivity index (χ2n) is 8.29. The highest BCUT2D eigenvalue weighted by atomic mass is 19.4. The van der Waals surface area contributed by atoms with Gasteiger partial charge in [-0.25, -0.2) is 4.39 Å². The number of alkyl halides is 3. The molecule has 0 heterocycles. The van der Waals surface area contributed by atoms with Crippen LogP contribution in [-0.2, 0) is 6.42 Å². The lowest BCUT2D eigenvalue weighted by Crippen LogP contribution is -2.18. The Labute approximate surface area is 166 Å². The van der Waals surface area contributed by atoms with Gasteiger partial charge in [0.1, 0.15) is 0 Å². The van der Waals surface area contributed by atoms with Gasteiger partial charge in [0.05, 0.1) is 0 Å². The van der Waals surface area contributed by atoms with Gasteiger partial charge in [0.2, 0.25) is 0 Å². The summed E-state index contributed by atoms with van der Waals surface area (Å²) in [7, 11) is 0. The van der Waals surface area contributed by atoms with Crippen molar-refractivity contribution in [2.45, 2.75) is 96.8 Å². The van der Waals surface area contributed by atoms with E-state index in [0.717, 1.165) is 24.0 Å². The Kier molecular flexibility index (Phi) is 9.60. The van der Waals surface area contributed by atoms with Gasteiger partial charge in [0.25, 0.3) is 0 Å². The summed E-state index contributed by atoms with van der Waals surface area (Å²) in [6.07, 6.45) is 11.3. The molecule has 1 fully saturated rings. The summed E-state index contributed by atoms with van der Waals surface area (Å²) in [5.74, 6) is -0.197. The van der Waals surface area contributed by atoms with Gasteiger partial charge in [-0.15, -0.1) is 13.2 Å². The van der Waals surface area contributed by atoms with Crippen molar-refractivity contribution in [2.24, 2.45) is 11.8 Å². The van der Waals surface area contributed by atoms with Crippen LogP contribution in [0.1, 0.15) is 89.5 Å². The minimum absolute atomic E-state index is 0.648. The number of hydrogen-bond acceptors (Lipinski definition) is 1. The average Bonchev–Trinajstić information content (AvgIpc) is 2.65. The highest BCUT2D eigenvalue weighted by molar-refractivity contribution is 5.29. The normalized spacial score (nSPS) is 20.3. The monoisotopic (exact) mass is 402 g/mol. The average molecular weight is 403 g/mol. The molecule has 0 unspecified atom stereocenters. The number of unbranched alkanes of at least 4 members (excludes halogenated alkanes) is 5. The second kappa shape index (κ2) is 11.7. The van der Waals surface area contributed by atoms with Crippen LogP contribution in [0, 0.1) is 17.7 Å². The Morgan fingerprint density at radius 3 is 2.11 bits per heavy atom. The molecule has 0 N–H and O–H groups in total. The quantitative estimate of drug-likeness (QED) is 0.268. The summed E-state index contributed by atoms with van der Waals surface area (Å²) in [5.41, 5.74) is 0.737. The number of halogens is 4. The van der Waals surface area contributed by atoms with Crippen molar-refractivity contribution in [2.75, 3.05) is 0 Å². The van der Waals surface area contributed by atoms with E-state index in [-0.39, 0.29) is 0 Å². The molecule has 0 amide bonds. The summed E-state index contributed by atoms with van der Waals surface area (Å²) >= 11 is 0. The van der Waals surface area contributed by atoms with Gasteiger partial charge in [-0.05, 0) is 42.4 Å². The van der Waals surface area contributed by atoms with E-state index < -0.39 is 17.9 Å². The first-order valence-electron chi connectivity index (χ1n) is 10.9. The molecular weight excluding hydrogens is 368 g/mol. The number of ether oxygens (including phenoxy) is 1. The van der Waals surface area contributed by atoms with Crippen LogP contribution in [0.25, 0.3) is 0 Å².